The quantitative estimate of drug-likeness (QED) is 0.395. The number of hydrogen-bond donors (Lipinski definition) is 2. The molecule has 2 aromatic carbocycles. The molecular formula is C29H32N4O2. The van der Waals surface area contributed by atoms with Crippen LogP contribution >= 0.6 is 0 Å². The predicted octanol–water partition coefficient (Wildman–Crippen LogP) is 5.44. The summed E-state index contributed by atoms with van der Waals surface area (Å²) in [5, 5.41) is 1.18. The summed E-state index contributed by atoms with van der Waals surface area (Å²) < 4.78 is 6.07. The third kappa shape index (κ3) is 4.76. The fourth-order valence-electron chi connectivity index (χ4n) is 5.58. The molecule has 0 radical (unpaired) electrons. The maximum atomic E-state index is 12.8. The minimum atomic E-state index is 0.0718. The molecule has 1 saturated carbocycles. The van der Waals surface area contributed by atoms with Gasteiger partial charge in [-0.15, -0.1) is 0 Å². The number of fused-ring (bicyclic) bond motifs is 2. The number of hydrogen-bond acceptors (Lipinski definition) is 4. The van der Waals surface area contributed by atoms with Crippen LogP contribution < -0.4 is 10.3 Å². The van der Waals surface area contributed by atoms with Gasteiger partial charge in [-0.1, -0.05) is 49.6 Å². The summed E-state index contributed by atoms with van der Waals surface area (Å²) in [5.41, 5.74) is 5.42. The lowest BCUT2D eigenvalue weighted by Gasteiger charge is -2.28. The highest BCUT2D eigenvalue weighted by atomic mass is 16.5. The van der Waals surface area contributed by atoms with Crippen LogP contribution in [0.25, 0.3) is 10.9 Å². The standard InChI is InChI=1S/C29H32N4O2/c34-29-24-13-14-33(18-27(24)31-28(32-29)21-9-5-2-6-10-21)17-22-16-30-26-12-11-23(15-25(22)26)35-19-20-7-3-1-4-8-20/h1,3-4,7-8,11-12,15-16,21,30H,2,5-6,9-10,13-14,17-19H2,(H,31,32,34). The number of aromatic amines is 2. The van der Waals surface area contributed by atoms with E-state index >= 15 is 0 Å². The number of aromatic nitrogens is 3. The van der Waals surface area contributed by atoms with Gasteiger partial charge in [0.1, 0.15) is 18.2 Å². The Morgan fingerprint density at radius 3 is 2.77 bits per heavy atom. The first-order valence-corrected chi connectivity index (χ1v) is 12.8. The summed E-state index contributed by atoms with van der Waals surface area (Å²) in [6, 6.07) is 16.5. The second kappa shape index (κ2) is 9.70. The van der Waals surface area contributed by atoms with Gasteiger partial charge in [0.15, 0.2) is 0 Å². The van der Waals surface area contributed by atoms with E-state index in [-0.39, 0.29) is 5.56 Å². The Kier molecular flexibility index (Phi) is 6.13. The molecule has 180 valence electrons. The van der Waals surface area contributed by atoms with Crippen molar-refractivity contribution in [2.45, 2.75) is 64.1 Å². The Bertz CT molecular complexity index is 1370. The average Bonchev–Trinajstić information content (AvgIpc) is 3.30. The fraction of sp³-hybridized carbons (Fsp3) is 0.379. The molecule has 1 aliphatic carbocycles. The summed E-state index contributed by atoms with van der Waals surface area (Å²) in [6.45, 7) is 2.95. The average molecular weight is 469 g/mol. The minimum Gasteiger partial charge on any atom is -0.489 e. The number of nitrogens with one attached hydrogen (secondary N) is 2. The van der Waals surface area contributed by atoms with Gasteiger partial charge < -0.3 is 14.7 Å². The normalized spacial score (nSPS) is 16.9. The molecule has 2 aromatic heterocycles. The highest BCUT2D eigenvalue weighted by Crippen LogP contribution is 2.31. The molecule has 35 heavy (non-hydrogen) atoms. The zero-order valence-corrected chi connectivity index (χ0v) is 20.1. The smallest absolute Gasteiger partial charge is 0.254 e. The first-order chi connectivity index (χ1) is 17.2. The van der Waals surface area contributed by atoms with Crippen molar-refractivity contribution in [3.05, 3.63) is 93.3 Å². The third-order valence-electron chi connectivity index (χ3n) is 7.54. The second-order valence-electron chi connectivity index (χ2n) is 9.97. The monoisotopic (exact) mass is 468 g/mol. The van der Waals surface area contributed by atoms with Crippen LogP contribution in [0.4, 0.5) is 0 Å². The van der Waals surface area contributed by atoms with Gasteiger partial charge in [0.2, 0.25) is 0 Å². The molecule has 2 aliphatic rings. The van der Waals surface area contributed by atoms with Crippen LogP contribution in [0.15, 0.2) is 59.5 Å². The van der Waals surface area contributed by atoms with E-state index in [1.807, 2.05) is 24.3 Å². The third-order valence-corrected chi connectivity index (χ3v) is 7.54. The SMILES string of the molecule is O=c1[nH]c(C2CCCCC2)nc2c1CCN(Cc1c[nH]c3ccc(OCc4ccccc4)cc13)C2. The van der Waals surface area contributed by atoms with Crippen molar-refractivity contribution in [1.29, 1.82) is 0 Å². The van der Waals surface area contributed by atoms with Crippen molar-refractivity contribution in [2.75, 3.05) is 6.54 Å². The highest BCUT2D eigenvalue weighted by molar-refractivity contribution is 5.84. The topological polar surface area (TPSA) is 74.0 Å². The van der Waals surface area contributed by atoms with Crippen molar-refractivity contribution >= 4 is 10.9 Å². The van der Waals surface area contributed by atoms with Gasteiger partial charge >= 0.3 is 0 Å². The zero-order valence-electron chi connectivity index (χ0n) is 20.1. The Hall–Kier alpha value is -3.38. The largest absolute Gasteiger partial charge is 0.489 e. The van der Waals surface area contributed by atoms with Gasteiger partial charge in [-0.25, -0.2) is 4.98 Å². The lowest BCUT2D eigenvalue weighted by molar-refractivity contribution is 0.240. The molecular weight excluding hydrogens is 436 g/mol. The number of ether oxygens (including phenoxy) is 1. The summed E-state index contributed by atoms with van der Waals surface area (Å²) in [7, 11) is 0. The molecule has 0 amide bonds. The number of benzene rings is 2. The summed E-state index contributed by atoms with van der Waals surface area (Å²) in [5.74, 6) is 2.18. The Labute approximate surface area is 205 Å². The second-order valence-corrected chi connectivity index (χ2v) is 9.97. The van der Waals surface area contributed by atoms with Crippen LogP contribution in [-0.2, 0) is 26.1 Å². The van der Waals surface area contributed by atoms with Gasteiger partial charge in [-0.2, -0.15) is 0 Å². The highest BCUT2D eigenvalue weighted by Gasteiger charge is 2.25. The number of rotatable bonds is 6. The van der Waals surface area contributed by atoms with Crippen molar-refractivity contribution in [2.24, 2.45) is 0 Å². The summed E-state index contributed by atoms with van der Waals surface area (Å²) in [4.78, 5) is 26.7. The van der Waals surface area contributed by atoms with Crippen LogP contribution in [0.3, 0.4) is 0 Å². The molecule has 0 spiro atoms. The molecule has 4 aromatic rings. The van der Waals surface area contributed by atoms with Gasteiger partial charge in [0.05, 0.1) is 5.69 Å². The predicted molar refractivity (Wildman–Crippen MR) is 138 cm³/mol. The first kappa shape index (κ1) is 22.1. The molecule has 2 N–H and O–H groups in total. The fourth-order valence-corrected chi connectivity index (χ4v) is 5.58. The molecule has 3 heterocycles. The zero-order chi connectivity index (χ0) is 23.6. The van der Waals surface area contributed by atoms with Gasteiger partial charge in [0.25, 0.3) is 5.56 Å². The minimum absolute atomic E-state index is 0.0718. The maximum absolute atomic E-state index is 12.8. The van der Waals surface area contributed by atoms with Crippen LogP contribution in [0.5, 0.6) is 5.75 Å². The van der Waals surface area contributed by atoms with Crippen LogP contribution in [-0.4, -0.2) is 26.4 Å². The van der Waals surface area contributed by atoms with E-state index in [1.54, 1.807) is 0 Å². The first-order valence-electron chi connectivity index (χ1n) is 12.8. The number of H-pyrrole nitrogens is 2. The van der Waals surface area contributed by atoms with Crippen molar-refractivity contribution in [3.8, 4) is 5.75 Å². The van der Waals surface area contributed by atoms with E-state index in [9.17, 15) is 4.79 Å². The lowest BCUT2D eigenvalue weighted by atomic mass is 9.88. The van der Waals surface area contributed by atoms with E-state index < -0.39 is 0 Å². The molecule has 0 bridgehead atoms. The number of nitrogens with zero attached hydrogens (tertiary/aromatic N) is 2. The van der Waals surface area contributed by atoms with E-state index in [1.165, 1.54) is 30.2 Å². The molecule has 0 saturated heterocycles. The Balaban J connectivity index is 1.19. The van der Waals surface area contributed by atoms with Crippen LogP contribution in [0, 0.1) is 0 Å². The lowest BCUT2D eigenvalue weighted by Crippen LogP contribution is -2.35. The van der Waals surface area contributed by atoms with E-state index in [4.69, 9.17) is 9.72 Å². The summed E-state index contributed by atoms with van der Waals surface area (Å²) >= 11 is 0. The molecule has 6 heteroatoms. The van der Waals surface area contributed by atoms with Crippen LogP contribution in [0.1, 0.15) is 66.2 Å². The van der Waals surface area contributed by atoms with Gasteiger partial charge in [-0.05, 0) is 48.6 Å². The van der Waals surface area contributed by atoms with Gasteiger partial charge in [0, 0.05) is 48.2 Å². The van der Waals surface area contributed by atoms with Crippen molar-refractivity contribution in [1.82, 2.24) is 19.9 Å². The molecule has 1 aliphatic heterocycles. The molecule has 6 rings (SSSR count). The van der Waals surface area contributed by atoms with Crippen molar-refractivity contribution < 1.29 is 4.74 Å². The molecule has 0 unspecified atom stereocenters. The maximum Gasteiger partial charge on any atom is 0.254 e. The van der Waals surface area contributed by atoms with E-state index in [0.29, 0.717) is 12.5 Å². The van der Waals surface area contributed by atoms with Gasteiger partial charge in [-0.3, -0.25) is 9.69 Å². The Morgan fingerprint density at radius 1 is 1.06 bits per heavy atom. The van der Waals surface area contributed by atoms with Crippen LogP contribution in [0.2, 0.25) is 0 Å². The Morgan fingerprint density at radius 2 is 1.91 bits per heavy atom. The summed E-state index contributed by atoms with van der Waals surface area (Å²) in [6.07, 6.45) is 8.87. The molecule has 0 atom stereocenters. The molecule has 6 nitrogen and oxygen atoms in total. The van der Waals surface area contributed by atoms with E-state index in [2.05, 4.69) is 45.3 Å². The van der Waals surface area contributed by atoms with Crippen molar-refractivity contribution in [3.63, 3.8) is 0 Å². The molecule has 1 fully saturated rings. The van der Waals surface area contributed by atoms with E-state index in [0.717, 1.165) is 72.8 Å².